The minimum Gasteiger partial charge on any atom is -0.493 e. The number of rotatable bonds is 9. The molecule has 132 valence electrons. The Kier molecular flexibility index (Phi) is 11.6. The van der Waals surface area contributed by atoms with E-state index in [1.54, 1.807) is 7.11 Å². The fourth-order valence-corrected chi connectivity index (χ4v) is 1.99. The molecule has 0 fully saturated rings. The van der Waals surface area contributed by atoms with Crippen LogP contribution in [-0.4, -0.2) is 32.8 Å². The summed E-state index contributed by atoms with van der Waals surface area (Å²) in [5.74, 6) is 2.62. The lowest BCUT2D eigenvalue weighted by atomic mass is 10.1. The van der Waals surface area contributed by atoms with E-state index in [-0.39, 0.29) is 24.0 Å². The SMILES string of the molecule is CCOc1cc(CCCNC(N)=NCC(C)C)ccc1OC.I. The number of nitrogens with zero attached hydrogens (tertiary/aromatic N) is 1. The number of aliphatic imine (C=N–C) groups is 1. The Hall–Kier alpha value is -1.18. The number of methoxy groups -OCH3 is 1. The van der Waals surface area contributed by atoms with Gasteiger partial charge in [-0.25, -0.2) is 0 Å². The van der Waals surface area contributed by atoms with Gasteiger partial charge in [-0.3, -0.25) is 4.99 Å². The molecule has 0 aromatic heterocycles. The molecule has 6 heteroatoms. The lowest BCUT2D eigenvalue weighted by Gasteiger charge is -2.11. The number of halogens is 1. The van der Waals surface area contributed by atoms with Gasteiger partial charge in [-0.2, -0.15) is 0 Å². The highest BCUT2D eigenvalue weighted by atomic mass is 127. The number of benzene rings is 1. The Morgan fingerprint density at radius 2 is 2.04 bits per heavy atom. The molecule has 0 unspecified atom stereocenters. The van der Waals surface area contributed by atoms with Crippen LogP contribution in [0.4, 0.5) is 0 Å². The predicted octanol–water partition coefficient (Wildman–Crippen LogP) is 3.20. The Morgan fingerprint density at radius 1 is 1.30 bits per heavy atom. The highest BCUT2D eigenvalue weighted by molar-refractivity contribution is 14.0. The van der Waals surface area contributed by atoms with Crippen LogP contribution in [0, 0.1) is 5.92 Å². The van der Waals surface area contributed by atoms with Crippen molar-refractivity contribution in [2.45, 2.75) is 33.6 Å². The van der Waals surface area contributed by atoms with Crippen LogP contribution < -0.4 is 20.5 Å². The smallest absolute Gasteiger partial charge is 0.188 e. The van der Waals surface area contributed by atoms with E-state index in [0.29, 0.717) is 18.5 Å². The maximum atomic E-state index is 5.81. The molecular formula is C17H30IN3O2. The molecule has 1 rings (SSSR count). The van der Waals surface area contributed by atoms with Crippen molar-refractivity contribution in [2.24, 2.45) is 16.6 Å². The van der Waals surface area contributed by atoms with Gasteiger partial charge in [0.25, 0.3) is 0 Å². The highest BCUT2D eigenvalue weighted by Crippen LogP contribution is 2.28. The number of hydrogen-bond donors (Lipinski definition) is 2. The van der Waals surface area contributed by atoms with Crippen LogP contribution >= 0.6 is 24.0 Å². The van der Waals surface area contributed by atoms with Gasteiger partial charge in [0.2, 0.25) is 0 Å². The van der Waals surface area contributed by atoms with Gasteiger partial charge in [0.05, 0.1) is 13.7 Å². The topological polar surface area (TPSA) is 68.9 Å². The van der Waals surface area contributed by atoms with E-state index in [1.807, 2.05) is 19.1 Å². The Morgan fingerprint density at radius 3 is 2.65 bits per heavy atom. The third kappa shape index (κ3) is 8.88. The van der Waals surface area contributed by atoms with Gasteiger partial charge in [0, 0.05) is 13.1 Å². The van der Waals surface area contributed by atoms with Crippen molar-refractivity contribution in [1.82, 2.24) is 5.32 Å². The summed E-state index contributed by atoms with van der Waals surface area (Å²) in [5.41, 5.74) is 7.03. The van der Waals surface area contributed by atoms with Gasteiger partial charge >= 0.3 is 0 Å². The summed E-state index contributed by atoms with van der Waals surface area (Å²) < 4.78 is 10.9. The van der Waals surface area contributed by atoms with Gasteiger partial charge in [-0.1, -0.05) is 19.9 Å². The Balaban J connectivity index is 0.00000484. The molecule has 0 spiro atoms. The number of guanidine groups is 1. The maximum Gasteiger partial charge on any atom is 0.188 e. The first-order valence-corrected chi connectivity index (χ1v) is 7.90. The molecule has 0 heterocycles. The second kappa shape index (κ2) is 12.3. The number of nitrogens with two attached hydrogens (primary N) is 1. The zero-order valence-corrected chi connectivity index (χ0v) is 16.9. The van der Waals surface area contributed by atoms with Crippen molar-refractivity contribution in [3.8, 4) is 11.5 Å². The minimum absolute atomic E-state index is 0. The van der Waals surface area contributed by atoms with E-state index in [0.717, 1.165) is 37.4 Å². The number of hydrogen-bond acceptors (Lipinski definition) is 3. The summed E-state index contributed by atoms with van der Waals surface area (Å²) in [6.45, 7) is 8.41. The molecule has 1 aromatic rings. The second-order valence-corrected chi connectivity index (χ2v) is 5.57. The van der Waals surface area contributed by atoms with E-state index in [1.165, 1.54) is 5.56 Å². The molecule has 0 aliphatic rings. The van der Waals surface area contributed by atoms with E-state index < -0.39 is 0 Å². The van der Waals surface area contributed by atoms with Crippen molar-refractivity contribution in [3.63, 3.8) is 0 Å². The molecule has 0 bridgehead atoms. The largest absolute Gasteiger partial charge is 0.493 e. The molecule has 0 radical (unpaired) electrons. The number of ether oxygens (including phenoxy) is 2. The normalized spacial score (nSPS) is 11.1. The van der Waals surface area contributed by atoms with E-state index >= 15 is 0 Å². The van der Waals surface area contributed by atoms with Crippen LogP contribution in [0.2, 0.25) is 0 Å². The first kappa shape index (κ1) is 21.8. The monoisotopic (exact) mass is 435 g/mol. The molecular weight excluding hydrogens is 405 g/mol. The number of aryl methyl sites for hydroxylation is 1. The summed E-state index contributed by atoms with van der Waals surface area (Å²) in [5, 5.41) is 3.14. The average Bonchev–Trinajstić information content (AvgIpc) is 2.50. The zero-order chi connectivity index (χ0) is 16.4. The summed E-state index contributed by atoms with van der Waals surface area (Å²) in [7, 11) is 1.65. The third-order valence-electron chi connectivity index (χ3n) is 3.10. The van der Waals surface area contributed by atoms with Crippen molar-refractivity contribution in [1.29, 1.82) is 0 Å². The van der Waals surface area contributed by atoms with Crippen molar-refractivity contribution in [3.05, 3.63) is 23.8 Å². The van der Waals surface area contributed by atoms with Crippen molar-refractivity contribution < 1.29 is 9.47 Å². The van der Waals surface area contributed by atoms with Crippen LogP contribution in [0.3, 0.4) is 0 Å². The predicted molar refractivity (Wildman–Crippen MR) is 107 cm³/mol. The van der Waals surface area contributed by atoms with Crippen molar-refractivity contribution in [2.75, 3.05) is 26.8 Å². The summed E-state index contributed by atoms with van der Waals surface area (Å²) >= 11 is 0. The maximum absolute atomic E-state index is 5.81. The first-order chi connectivity index (χ1) is 10.6. The third-order valence-corrected chi connectivity index (χ3v) is 3.10. The molecule has 0 atom stereocenters. The first-order valence-electron chi connectivity index (χ1n) is 7.90. The molecule has 0 amide bonds. The van der Waals surface area contributed by atoms with Crippen LogP contribution in [-0.2, 0) is 6.42 Å². The van der Waals surface area contributed by atoms with Crippen LogP contribution in [0.1, 0.15) is 32.8 Å². The molecule has 3 N–H and O–H groups in total. The molecule has 5 nitrogen and oxygen atoms in total. The minimum atomic E-state index is 0. The fraction of sp³-hybridized carbons (Fsp3) is 0.588. The molecule has 0 aliphatic carbocycles. The molecule has 1 aromatic carbocycles. The zero-order valence-electron chi connectivity index (χ0n) is 14.6. The van der Waals surface area contributed by atoms with E-state index in [9.17, 15) is 0 Å². The van der Waals surface area contributed by atoms with Gasteiger partial charge in [0.15, 0.2) is 17.5 Å². The van der Waals surface area contributed by atoms with E-state index in [2.05, 4.69) is 30.2 Å². The van der Waals surface area contributed by atoms with Gasteiger partial charge < -0.3 is 20.5 Å². The summed E-state index contributed by atoms with van der Waals surface area (Å²) in [4.78, 5) is 4.28. The van der Waals surface area contributed by atoms with Crippen LogP contribution in [0.15, 0.2) is 23.2 Å². The lowest BCUT2D eigenvalue weighted by Crippen LogP contribution is -2.33. The van der Waals surface area contributed by atoms with Crippen molar-refractivity contribution >= 4 is 29.9 Å². The van der Waals surface area contributed by atoms with Gasteiger partial charge in [-0.05, 0) is 43.4 Å². The standard InChI is InChI=1S/C17H29N3O2.HI/c1-5-22-16-11-14(8-9-15(16)21-4)7-6-10-19-17(18)20-12-13(2)3;/h8-9,11,13H,5-7,10,12H2,1-4H3,(H3,18,19,20);1H. The average molecular weight is 435 g/mol. The van der Waals surface area contributed by atoms with Crippen LogP contribution in [0.5, 0.6) is 11.5 Å². The van der Waals surface area contributed by atoms with Gasteiger partial charge in [0.1, 0.15) is 0 Å². The molecule has 23 heavy (non-hydrogen) atoms. The van der Waals surface area contributed by atoms with Gasteiger partial charge in [-0.15, -0.1) is 24.0 Å². The fourth-order valence-electron chi connectivity index (χ4n) is 1.99. The highest BCUT2D eigenvalue weighted by Gasteiger charge is 2.05. The number of nitrogens with one attached hydrogen (secondary N) is 1. The quantitative estimate of drug-likeness (QED) is 0.271. The Bertz CT molecular complexity index is 479. The molecule has 0 aliphatic heterocycles. The summed E-state index contributed by atoms with van der Waals surface area (Å²) in [6.07, 6.45) is 1.93. The lowest BCUT2D eigenvalue weighted by molar-refractivity contribution is 0.310. The second-order valence-electron chi connectivity index (χ2n) is 5.57. The summed E-state index contributed by atoms with van der Waals surface area (Å²) in [6, 6.07) is 6.06. The molecule has 0 saturated heterocycles. The van der Waals surface area contributed by atoms with Crippen LogP contribution in [0.25, 0.3) is 0 Å². The van der Waals surface area contributed by atoms with E-state index in [4.69, 9.17) is 15.2 Å². The molecule has 0 saturated carbocycles. The Labute approximate surface area is 157 Å².